The molecule has 0 aliphatic rings. The van der Waals surface area contributed by atoms with Crippen LogP contribution < -0.4 is 0 Å². The molecule has 0 saturated carbocycles. The average Bonchev–Trinajstić information content (AvgIpc) is 3.87. The van der Waals surface area contributed by atoms with E-state index in [1.54, 1.807) is 0 Å². The van der Waals surface area contributed by atoms with Crippen LogP contribution in [0.1, 0.15) is 0 Å². The first-order valence-corrected chi connectivity index (χ1v) is 17.3. The molecule has 8 aromatic carbocycles. The number of benzene rings is 8. The molecule has 11 rings (SSSR count). The summed E-state index contributed by atoms with van der Waals surface area (Å²) in [5.74, 6) is 0. The van der Waals surface area contributed by atoms with E-state index in [1.165, 1.54) is 21.9 Å². The smallest absolute Gasteiger partial charge is 0.136 e. The maximum atomic E-state index is 6.38. The number of hydrogen-bond acceptors (Lipinski definition) is 2. The van der Waals surface area contributed by atoms with Crippen molar-refractivity contribution in [1.82, 2.24) is 4.57 Å². The second kappa shape index (κ2) is 10.8. The van der Waals surface area contributed by atoms with Gasteiger partial charge in [-0.2, -0.15) is 0 Å². The molecule has 238 valence electrons. The van der Waals surface area contributed by atoms with Gasteiger partial charge in [0.25, 0.3) is 0 Å². The van der Waals surface area contributed by atoms with Crippen molar-refractivity contribution in [3.8, 4) is 39.1 Å². The molecule has 0 aliphatic heterocycles. The molecule has 0 unspecified atom stereocenters. The molecule has 3 aromatic heterocycles. The maximum absolute atomic E-state index is 6.38. The molecule has 3 heteroatoms. The first-order chi connectivity index (χ1) is 25.3. The average molecular weight is 652 g/mol. The van der Waals surface area contributed by atoms with Crippen LogP contribution in [0, 0.1) is 0 Å². The van der Waals surface area contributed by atoms with Crippen LogP contribution in [0.2, 0.25) is 0 Å². The van der Waals surface area contributed by atoms with Crippen LogP contribution in [0.4, 0.5) is 0 Å². The molecule has 0 saturated heterocycles. The molecule has 0 fully saturated rings. The standard InChI is InChI=1S/C48H29NO2/c1-2-10-30(11-3-1)31-20-24-34(25-21-31)49-41-16-8-14-35(32-22-26-39-37-12-4-6-18-43(37)50-45(39)28-32)47(41)48-36(15-9-17-42(48)49)33-23-27-40-38-13-5-7-19-44(38)51-46(40)29-33/h1-29H. The molecule has 0 bridgehead atoms. The third-order valence-corrected chi connectivity index (χ3v) is 10.4. The molecule has 0 N–H and O–H groups in total. The highest BCUT2D eigenvalue weighted by molar-refractivity contribution is 6.21. The van der Waals surface area contributed by atoms with Gasteiger partial charge in [0.15, 0.2) is 0 Å². The van der Waals surface area contributed by atoms with Gasteiger partial charge < -0.3 is 13.4 Å². The van der Waals surface area contributed by atoms with Crippen LogP contribution in [-0.4, -0.2) is 4.57 Å². The minimum Gasteiger partial charge on any atom is -0.456 e. The van der Waals surface area contributed by atoms with Gasteiger partial charge in [-0.3, -0.25) is 0 Å². The lowest BCUT2D eigenvalue weighted by molar-refractivity contribution is 0.668. The normalized spacial score (nSPS) is 11.9. The predicted octanol–water partition coefficient (Wildman–Crippen LogP) is 13.6. The fourth-order valence-electron chi connectivity index (χ4n) is 8.09. The summed E-state index contributed by atoms with van der Waals surface area (Å²) in [5.41, 5.74) is 14.0. The SMILES string of the molecule is c1ccc(-c2ccc(-n3c4cccc(-c5ccc6c(c5)oc5ccccc56)c4c4c(-c5ccc6c(c5)oc5ccccc56)cccc43)cc2)cc1. The van der Waals surface area contributed by atoms with Crippen molar-refractivity contribution < 1.29 is 8.83 Å². The number of fused-ring (bicyclic) bond motifs is 9. The lowest BCUT2D eigenvalue weighted by Gasteiger charge is -2.10. The van der Waals surface area contributed by atoms with E-state index >= 15 is 0 Å². The van der Waals surface area contributed by atoms with Crippen molar-refractivity contribution in [3.05, 3.63) is 176 Å². The van der Waals surface area contributed by atoms with E-state index in [0.29, 0.717) is 0 Å². The number of furan rings is 2. The van der Waals surface area contributed by atoms with Crippen LogP contribution in [-0.2, 0) is 0 Å². The minimum absolute atomic E-state index is 0.890. The van der Waals surface area contributed by atoms with E-state index < -0.39 is 0 Å². The number of hydrogen-bond donors (Lipinski definition) is 0. The monoisotopic (exact) mass is 651 g/mol. The number of nitrogens with zero attached hydrogens (tertiary/aromatic N) is 1. The quantitative estimate of drug-likeness (QED) is 0.190. The molecule has 3 heterocycles. The Morgan fingerprint density at radius 3 is 1.31 bits per heavy atom. The fourth-order valence-corrected chi connectivity index (χ4v) is 8.09. The lowest BCUT2D eigenvalue weighted by Crippen LogP contribution is -1.94. The summed E-state index contributed by atoms with van der Waals surface area (Å²) in [5, 5.41) is 6.93. The number of para-hydroxylation sites is 2. The highest BCUT2D eigenvalue weighted by Crippen LogP contribution is 2.45. The first kappa shape index (κ1) is 28.0. The maximum Gasteiger partial charge on any atom is 0.136 e. The summed E-state index contributed by atoms with van der Waals surface area (Å²) in [6.45, 7) is 0. The van der Waals surface area contributed by atoms with Gasteiger partial charge in [0.1, 0.15) is 22.3 Å². The van der Waals surface area contributed by atoms with Gasteiger partial charge in [-0.05, 0) is 94.0 Å². The zero-order valence-corrected chi connectivity index (χ0v) is 27.5. The highest BCUT2D eigenvalue weighted by atomic mass is 16.3. The first-order valence-electron chi connectivity index (χ1n) is 17.3. The Balaban J connectivity index is 1.19. The molecule has 11 aromatic rings. The minimum atomic E-state index is 0.890. The Morgan fingerprint density at radius 1 is 0.314 bits per heavy atom. The summed E-state index contributed by atoms with van der Waals surface area (Å²) in [6.07, 6.45) is 0. The largest absolute Gasteiger partial charge is 0.456 e. The molecule has 3 nitrogen and oxygen atoms in total. The van der Waals surface area contributed by atoms with Gasteiger partial charge in [-0.15, -0.1) is 0 Å². The van der Waals surface area contributed by atoms with Crippen LogP contribution in [0.3, 0.4) is 0 Å². The van der Waals surface area contributed by atoms with Crippen molar-refractivity contribution in [1.29, 1.82) is 0 Å². The molecule has 0 aliphatic carbocycles. The van der Waals surface area contributed by atoms with Crippen LogP contribution in [0.15, 0.2) is 185 Å². The Hall–Kier alpha value is -6.84. The summed E-state index contributed by atoms with van der Waals surface area (Å²) in [4.78, 5) is 0. The molecule has 0 atom stereocenters. The topological polar surface area (TPSA) is 31.2 Å². The Labute approximate surface area is 293 Å². The van der Waals surface area contributed by atoms with Gasteiger partial charge >= 0.3 is 0 Å². The van der Waals surface area contributed by atoms with E-state index in [0.717, 1.165) is 82.9 Å². The van der Waals surface area contributed by atoms with Gasteiger partial charge in [-0.1, -0.05) is 115 Å². The second-order valence-electron chi connectivity index (χ2n) is 13.3. The molecule has 0 radical (unpaired) electrons. The molecule has 0 amide bonds. The van der Waals surface area contributed by atoms with Crippen molar-refractivity contribution in [3.63, 3.8) is 0 Å². The Morgan fingerprint density at radius 2 is 0.765 bits per heavy atom. The highest BCUT2D eigenvalue weighted by Gasteiger charge is 2.21. The van der Waals surface area contributed by atoms with Gasteiger partial charge in [0.05, 0.1) is 11.0 Å². The third-order valence-electron chi connectivity index (χ3n) is 10.4. The van der Waals surface area contributed by atoms with Gasteiger partial charge in [-0.25, -0.2) is 0 Å². The lowest BCUT2D eigenvalue weighted by atomic mass is 9.94. The number of aromatic nitrogens is 1. The van der Waals surface area contributed by atoms with E-state index in [1.807, 2.05) is 24.3 Å². The number of rotatable bonds is 4. The zero-order chi connectivity index (χ0) is 33.5. The zero-order valence-electron chi connectivity index (χ0n) is 27.5. The molecule has 0 spiro atoms. The Kier molecular flexibility index (Phi) is 5.96. The summed E-state index contributed by atoms with van der Waals surface area (Å²) in [6, 6.07) is 62.6. The summed E-state index contributed by atoms with van der Waals surface area (Å²) in [7, 11) is 0. The van der Waals surface area contributed by atoms with Gasteiger partial charge in [0.2, 0.25) is 0 Å². The predicted molar refractivity (Wildman–Crippen MR) is 212 cm³/mol. The van der Waals surface area contributed by atoms with Crippen molar-refractivity contribution >= 4 is 65.7 Å². The van der Waals surface area contributed by atoms with Gasteiger partial charge in [0, 0.05) is 38.0 Å². The Bertz CT molecular complexity index is 2950. The molecular weight excluding hydrogens is 623 g/mol. The van der Waals surface area contributed by atoms with Crippen LogP contribution in [0.5, 0.6) is 0 Å². The van der Waals surface area contributed by atoms with Crippen LogP contribution in [0.25, 0.3) is 105 Å². The molecule has 51 heavy (non-hydrogen) atoms. The third kappa shape index (κ3) is 4.25. The van der Waals surface area contributed by atoms with Crippen molar-refractivity contribution in [2.24, 2.45) is 0 Å². The van der Waals surface area contributed by atoms with Crippen LogP contribution >= 0.6 is 0 Å². The van der Waals surface area contributed by atoms with Crippen molar-refractivity contribution in [2.45, 2.75) is 0 Å². The van der Waals surface area contributed by atoms with E-state index in [2.05, 4.69) is 156 Å². The van der Waals surface area contributed by atoms with E-state index in [9.17, 15) is 0 Å². The molecular formula is C48H29NO2. The summed E-state index contributed by atoms with van der Waals surface area (Å²) >= 11 is 0. The summed E-state index contributed by atoms with van der Waals surface area (Å²) < 4.78 is 15.2. The van der Waals surface area contributed by atoms with E-state index in [-0.39, 0.29) is 0 Å². The fraction of sp³-hybridized carbons (Fsp3) is 0. The van der Waals surface area contributed by atoms with E-state index in [4.69, 9.17) is 8.83 Å². The van der Waals surface area contributed by atoms with Crippen molar-refractivity contribution in [2.75, 3.05) is 0 Å². The second-order valence-corrected chi connectivity index (χ2v) is 13.3.